The van der Waals surface area contributed by atoms with Crippen molar-refractivity contribution in [2.75, 3.05) is 11.9 Å². The second kappa shape index (κ2) is 10.5. The Hall–Kier alpha value is -2.96. The van der Waals surface area contributed by atoms with Crippen LogP contribution in [0.15, 0.2) is 29.3 Å². The number of carbonyl (C=O) groups is 4. The number of nitrogens with one attached hydrogen (secondary N) is 2. The lowest BCUT2D eigenvalue weighted by atomic mass is 9.86. The van der Waals surface area contributed by atoms with Crippen LogP contribution < -0.4 is 10.6 Å². The van der Waals surface area contributed by atoms with Crippen LogP contribution in [0.3, 0.4) is 0 Å². The van der Waals surface area contributed by atoms with Crippen molar-refractivity contribution in [3.63, 3.8) is 0 Å². The van der Waals surface area contributed by atoms with Crippen LogP contribution in [-0.2, 0) is 14.4 Å². The van der Waals surface area contributed by atoms with Gasteiger partial charge < -0.3 is 31.1 Å². The van der Waals surface area contributed by atoms with Gasteiger partial charge in [0.2, 0.25) is 5.91 Å². The molecule has 2 heterocycles. The van der Waals surface area contributed by atoms with Crippen molar-refractivity contribution < 1.29 is 39.6 Å². The Balaban J connectivity index is 1.66. The number of hydrogen-bond donors (Lipinski definition) is 6. The van der Waals surface area contributed by atoms with Gasteiger partial charge in [0.1, 0.15) is 11.6 Å². The highest BCUT2D eigenvalue weighted by atomic mass is 32.2. The Morgan fingerprint density at radius 1 is 1.18 bits per heavy atom. The van der Waals surface area contributed by atoms with E-state index in [0.29, 0.717) is 18.7 Å². The number of rotatable bonds is 9. The number of aliphatic imine (C=N–C) groups is 1. The van der Waals surface area contributed by atoms with Crippen molar-refractivity contribution in [1.82, 2.24) is 5.32 Å². The van der Waals surface area contributed by atoms with Gasteiger partial charge >= 0.3 is 17.9 Å². The van der Waals surface area contributed by atoms with Gasteiger partial charge in [-0.25, -0.2) is 9.59 Å². The molecular formula is C22H27N3O8S. The molecule has 0 aliphatic carbocycles. The van der Waals surface area contributed by atoms with Crippen LogP contribution >= 0.6 is 11.8 Å². The van der Waals surface area contributed by atoms with Crippen molar-refractivity contribution in [3.8, 4) is 0 Å². The lowest BCUT2D eigenvalue weighted by molar-refractivity contribution is -0.146. The maximum atomic E-state index is 12.7. The van der Waals surface area contributed by atoms with Crippen LogP contribution in [0, 0.1) is 11.8 Å². The number of carboxylic acid groups (broad SMARTS) is 3. The number of thioether (sulfide) groups is 1. The monoisotopic (exact) mass is 493 g/mol. The van der Waals surface area contributed by atoms with Gasteiger partial charge in [0.15, 0.2) is 0 Å². The highest BCUT2D eigenvalue weighted by molar-refractivity contribution is 8.01. The van der Waals surface area contributed by atoms with Crippen molar-refractivity contribution in [2.45, 2.75) is 49.0 Å². The first kappa shape index (κ1) is 25.7. The molecule has 7 unspecified atom stereocenters. The third-order valence-corrected chi connectivity index (χ3v) is 7.78. The number of aliphatic hydroxyl groups is 1. The van der Waals surface area contributed by atoms with Gasteiger partial charge in [-0.15, -0.1) is 11.8 Å². The van der Waals surface area contributed by atoms with Gasteiger partial charge in [0, 0.05) is 17.5 Å². The van der Waals surface area contributed by atoms with E-state index in [4.69, 9.17) is 5.11 Å². The number of nitrogens with zero attached hydrogens (tertiary/aromatic N) is 1. The Morgan fingerprint density at radius 2 is 1.88 bits per heavy atom. The summed E-state index contributed by atoms with van der Waals surface area (Å²) in [5, 5.41) is 43.2. The Kier molecular flexibility index (Phi) is 7.95. The number of amides is 1. The fourth-order valence-corrected chi connectivity index (χ4v) is 5.97. The first-order valence-electron chi connectivity index (χ1n) is 10.7. The average Bonchev–Trinajstić information content (AvgIpc) is 3.34. The van der Waals surface area contributed by atoms with Crippen LogP contribution in [0.2, 0.25) is 0 Å². The molecule has 0 aromatic heterocycles. The number of anilines is 1. The minimum atomic E-state index is -1.24. The summed E-state index contributed by atoms with van der Waals surface area (Å²) >= 11 is 1.33. The second-order valence-electron chi connectivity index (χ2n) is 8.52. The van der Waals surface area contributed by atoms with Crippen LogP contribution in [0.1, 0.15) is 30.6 Å². The maximum absolute atomic E-state index is 12.7. The van der Waals surface area contributed by atoms with Crippen LogP contribution in [0.25, 0.3) is 0 Å². The van der Waals surface area contributed by atoms with E-state index in [-0.39, 0.29) is 22.4 Å². The Morgan fingerprint density at radius 3 is 2.47 bits per heavy atom. The van der Waals surface area contributed by atoms with E-state index in [1.165, 1.54) is 36.9 Å². The fraction of sp³-hybridized carbons (Fsp3) is 0.500. The molecule has 0 radical (unpaired) electrons. The van der Waals surface area contributed by atoms with E-state index in [2.05, 4.69) is 15.6 Å². The van der Waals surface area contributed by atoms with Crippen molar-refractivity contribution in [1.29, 1.82) is 0 Å². The first-order chi connectivity index (χ1) is 16.0. The number of aliphatic carboxylic acids is 2. The number of hydrogen-bond acceptors (Lipinski definition) is 8. The summed E-state index contributed by atoms with van der Waals surface area (Å²) in [7, 11) is 0. The van der Waals surface area contributed by atoms with E-state index >= 15 is 0 Å². The third-order valence-electron chi connectivity index (χ3n) is 6.09. The van der Waals surface area contributed by atoms with Crippen molar-refractivity contribution in [2.24, 2.45) is 16.8 Å². The predicted molar refractivity (Wildman–Crippen MR) is 124 cm³/mol. The molecule has 1 saturated heterocycles. The highest BCUT2D eigenvalue weighted by Gasteiger charge is 2.48. The minimum absolute atomic E-state index is 0.0488. The molecule has 12 heteroatoms. The molecule has 6 N–H and O–H groups in total. The molecule has 0 saturated carbocycles. The maximum Gasteiger partial charge on any atom is 0.350 e. The quantitative estimate of drug-likeness (QED) is 0.287. The van der Waals surface area contributed by atoms with E-state index < -0.39 is 53.2 Å². The lowest BCUT2D eigenvalue weighted by Gasteiger charge is -2.27. The zero-order valence-electron chi connectivity index (χ0n) is 18.5. The van der Waals surface area contributed by atoms with Crippen LogP contribution in [0.4, 0.5) is 5.69 Å². The summed E-state index contributed by atoms with van der Waals surface area (Å²) in [5.74, 6) is -5.59. The third kappa shape index (κ3) is 5.57. The normalized spacial score (nSPS) is 28.1. The van der Waals surface area contributed by atoms with E-state index in [1.54, 1.807) is 13.0 Å². The van der Waals surface area contributed by atoms with E-state index in [0.717, 1.165) is 0 Å². The fourth-order valence-electron chi connectivity index (χ4n) is 4.36. The van der Waals surface area contributed by atoms with Crippen molar-refractivity contribution in [3.05, 3.63) is 29.8 Å². The second-order valence-corrected chi connectivity index (χ2v) is 9.97. The molecule has 1 amide bonds. The zero-order chi connectivity index (χ0) is 25.2. The molecule has 2 aliphatic heterocycles. The van der Waals surface area contributed by atoms with E-state index in [9.17, 15) is 34.5 Å². The molecule has 1 fully saturated rings. The van der Waals surface area contributed by atoms with Gasteiger partial charge in [0.25, 0.3) is 0 Å². The van der Waals surface area contributed by atoms with Gasteiger partial charge in [0.05, 0.1) is 29.0 Å². The largest absolute Gasteiger partial charge is 0.481 e. The Bertz CT molecular complexity index is 1010. The van der Waals surface area contributed by atoms with Crippen LogP contribution in [-0.4, -0.2) is 85.2 Å². The predicted octanol–water partition coefficient (Wildman–Crippen LogP) is 0.781. The standard InChI is InChI=1S/C22H27N3O8S/c1-9-16(15(10(2)26)21(30)31)25-17(22(32)33)18(9)34-13-7-14(23-8-13)19(27)24-12-5-3-4-11(6-12)20(28)29/h3-6,9-10,13-16,18,23,26H,7-8H2,1-2H3,(H,24,27)(H,28,29)(H,30,31)(H,32,33). The molecule has 1 aromatic carbocycles. The molecule has 3 rings (SSSR count). The van der Waals surface area contributed by atoms with Gasteiger partial charge in [-0.2, -0.15) is 0 Å². The first-order valence-corrected chi connectivity index (χ1v) is 11.7. The lowest BCUT2D eigenvalue weighted by Crippen LogP contribution is -2.40. The number of aromatic carboxylic acids is 1. The number of carboxylic acids is 3. The zero-order valence-corrected chi connectivity index (χ0v) is 19.4. The topological polar surface area (TPSA) is 186 Å². The summed E-state index contributed by atoms with van der Waals surface area (Å²) < 4.78 is 0. The summed E-state index contributed by atoms with van der Waals surface area (Å²) in [6.07, 6.45) is -0.803. The van der Waals surface area contributed by atoms with Gasteiger partial charge in [-0.1, -0.05) is 13.0 Å². The van der Waals surface area contributed by atoms with Crippen LogP contribution in [0.5, 0.6) is 0 Å². The molecule has 7 atom stereocenters. The molecule has 2 aliphatic rings. The molecule has 1 aromatic rings. The number of benzene rings is 1. The molecule has 0 bridgehead atoms. The molecule has 0 spiro atoms. The molecular weight excluding hydrogens is 466 g/mol. The summed E-state index contributed by atoms with van der Waals surface area (Å²) in [6.45, 7) is 3.50. The van der Waals surface area contributed by atoms with E-state index in [1.807, 2.05) is 0 Å². The molecule has 184 valence electrons. The summed E-state index contributed by atoms with van der Waals surface area (Å²) in [4.78, 5) is 51.4. The smallest absolute Gasteiger partial charge is 0.350 e. The summed E-state index contributed by atoms with van der Waals surface area (Å²) in [5.41, 5.74) is 0.272. The summed E-state index contributed by atoms with van der Waals surface area (Å²) in [6, 6.07) is 4.45. The minimum Gasteiger partial charge on any atom is -0.481 e. The number of carbonyl (C=O) groups excluding carboxylic acids is 1. The average molecular weight is 494 g/mol. The van der Waals surface area contributed by atoms with Gasteiger partial charge in [-0.3, -0.25) is 14.6 Å². The number of aliphatic hydroxyl groups excluding tert-OH is 1. The van der Waals surface area contributed by atoms with Crippen molar-refractivity contribution >= 4 is 47.0 Å². The van der Waals surface area contributed by atoms with Gasteiger partial charge in [-0.05, 0) is 37.5 Å². The molecule has 11 nitrogen and oxygen atoms in total. The Labute approximate surface area is 199 Å². The molecule has 34 heavy (non-hydrogen) atoms. The SMILES string of the molecule is CC(O)C(C(=O)O)C1N=C(C(=O)O)C(SC2CNC(C(=O)Nc3cccc(C(=O)O)c3)C2)C1C. The highest BCUT2D eigenvalue weighted by Crippen LogP contribution is 2.39.